The number of hydrogen-bond donors (Lipinski definition) is 0. The van der Waals surface area contributed by atoms with Crippen LogP contribution in [0.15, 0.2) is 24.3 Å². The van der Waals surface area contributed by atoms with Crippen molar-refractivity contribution in [2.45, 2.75) is 25.7 Å². The summed E-state index contributed by atoms with van der Waals surface area (Å²) in [6.07, 6.45) is -0.192. The Hall–Kier alpha value is -1.45. The van der Waals surface area contributed by atoms with E-state index in [4.69, 9.17) is 0 Å². The molecule has 0 bridgehead atoms. The van der Waals surface area contributed by atoms with Crippen LogP contribution >= 0.6 is 0 Å². The number of alkyl halides is 2. The van der Waals surface area contributed by atoms with Gasteiger partial charge in [-0.25, -0.2) is 8.78 Å². The summed E-state index contributed by atoms with van der Waals surface area (Å²) in [6, 6.07) is 7.12. The molecule has 1 saturated heterocycles. The molecule has 2 nitrogen and oxygen atoms in total. The molecule has 0 aliphatic carbocycles. The zero-order valence-electron chi connectivity index (χ0n) is 9.75. The van der Waals surface area contributed by atoms with Gasteiger partial charge in [0, 0.05) is 37.2 Å². The topological polar surface area (TPSA) is 20.3 Å². The molecule has 0 saturated carbocycles. The first-order valence-corrected chi connectivity index (χ1v) is 5.72. The lowest BCUT2D eigenvalue weighted by Gasteiger charge is -2.33. The Labute approximate surface area is 99.2 Å². The van der Waals surface area contributed by atoms with Crippen LogP contribution in [0.4, 0.5) is 14.5 Å². The minimum atomic E-state index is -2.52. The predicted molar refractivity (Wildman–Crippen MR) is 62.8 cm³/mol. The molecule has 1 heterocycles. The number of benzene rings is 1. The fourth-order valence-electron chi connectivity index (χ4n) is 2.00. The van der Waals surface area contributed by atoms with E-state index in [1.807, 2.05) is 17.0 Å². The molecule has 0 radical (unpaired) electrons. The van der Waals surface area contributed by atoms with E-state index in [0.29, 0.717) is 18.7 Å². The highest BCUT2D eigenvalue weighted by atomic mass is 19.3. The van der Waals surface area contributed by atoms with Crippen LogP contribution in [0.5, 0.6) is 0 Å². The number of rotatable bonds is 2. The van der Waals surface area contributed by atoms with Crippen LogP contribution in [0.1, 0.15) is 30.1 Å². The molecular weight excluding hydrogens is 224 g/mol. The lowest BCUT2D eigenvalue weighted by molar-refractivity contribution is -0.0220. The Morgan fingerprint density at radius 2 is 1.71 bits per heavy atom. The number of hydrogen-bond acceptors (Lipinski definition) is 2. The van der Waals surface area contributed by atoms with Gasteiger partial charge in [0.05, 0.1) is 0 Å². The number of nitrogens with zero attached hydrogens (tertiary/aromatic N) is 1. The van der Waals surface area contributed by atoms with Crippen molar-refractivity contribution in [1.29, 1.82) is 0 Å². The zero-order valence-corrected chi connectivity index (χ0v) is 9.75. The van der Waals surface area contributed by atoms with E-state index in [9.17, 15) is 13.6 Å². The van der Waals surface area contributed by atoms with Gasteiger partial charge in [-0.3, -0.25) is 4.79 Å². The molecule has 4 heteroatoms. The third kappa shape index (κ3) is 2.81. The summed E-state index contributed by atoms with van der Waals surface area (Å²) in [6.45, 7) is 2.25. The number of carbonyl (C=O) groups is 1. The SMILES string of the molecule is CC(=O)c1ccc(N2CCC(F)(F)CC2)cc1. The quantitative estimate of drug-likeness (QED) is 0.739. The summed E-state index contributed by atoms with van der Waals surface area (Å²) in [4.78, 5) is 13.0. The first kappa shape index (κ1) is 12.0. The normalized spacial score (nSPS) is 19.1. The van der Waals surface area contributed by atoms with E-state index in [1.54, 1.807) is 12.1 Å². The van der Waals surface area contributed by atoms with Crippen molar-refractivity contribution in [3.05, 3.63) is 29.8 Å². The van der Waals surface area contributed by atoms with E-state index >= 15 is 0 Å². The third-order valence-corrected chi connectivity index (χ3v) is 3.13. The van der Waals surface area contributed by atoms with Crippen molar-refractivity contribution < 1.29 is 13.6 Å². The molecule has 2 rings (SSSR count). The smallest absolute Gasteiger partial charge is 0.251 e. The second kappa shape index (κ2) is 4.43. The highest BCUT2D eigenvalue weighted by Gasteiger charge is 2.33. The van der Waals surface area contributed by atoms with Gasteiger partial charge in [0.1, 0.15) is 0 Å². The molecule has 1 aromatic carbocycles. The van der Waals surface area contributed by atoms with Crippen molar-refractivity contribution in [3.8, 4) is 0 Å². The van der Waals surface area contributed by atoms with Gasteiger partial charge >= 0.3 is 0 Å². The molecule has 0 spiro atoms. The molecule has 1 aliphatic heterocycles. The summed E-state index contributed by atoms with van der Waals surface area (Å²) >= 11 is 0. The number of carbonyl (C=O) groups excluding carboxylic acids is 1. The van der Waals surface area contributed by atoms with Gasteiger partial charge in [0.15, 0.2) is 5.78 Å². The summed E-state index contributed by atoms with van der Waals surface area (Å²) in [7, 11) is 0. The van der Waals surface area contributed by atoms with Gasteiger partial charge < -0.3 is 4.90 Å². The molecule has 92 valence electrons. The van der Waals surface area contributed by atoms with E-state index in [1.165, 1.54) is 6.92 Å². The fraction of sp³-hybridized carbons (Fsp3) is 0.462. The van der Waals surface area contributed by atoms with Gasteiger partial charge in [-0.15, -0.1) is 0 Å². The average molecular weight is 239 g/mol. The van der Waals surface area contributed by atoms with Crippen LogP contribution in [-0.4, -0.2) is 24.8 Å². The van der Waals surface area contributed by atoms with E-state index in [0.717, 1.165) is 5.69 Å². The van der Waals surface area contributed by atoms with E-state index < -0.39 is 5.92 Å². The number of ketones is 1. The molecule has 0 aromatic heterocycles. The fourth-order valence-corrected chi connectivity index (χ4v) is 2.00. The van der Waals surface area contributed by atoms with Gasteiger partial charge in [-0.2, -0.15) is 0 Å². The molecule has 1 aromatic rings. The number of halogens is 2. The lowest BCUT2D eigenvalue weighted by atomic mass is 10.1. The average Bonchev–Trinajstić information content (AvgIpc) is 2.29. The van der Waals surface area contributed by atoms with Crippen molar-refractivity contribution >= 4 is 11.5 Å². The Kier molecular flexibility index (Phi) is 3.13. The van der Waals surface area contributed by atoms with Crippen molar-refractivity contribution in [2.75, 3.05) is 18.0 Å². The molecular formula is C13H15F2NO. The Bertz CT molecular complexity index is 404. The molecule has 0 amide bonds. The van der Waals surface area contributed by atoms with Crippen LogP contribution in [0.2, 0.25) is 0 Å². The predicted octanol–water partition coefficient (Wildman–Crippen LogP) is 3.12. The summed E-state index contributed by atoms with van der Waals surface area (Å²) in [5.41, 5.74) is 1.56. The van der Waals surface area contributed by atoms with Crippen molar-refractivity contribution in [1.82, 2.24) is 0 Å². The first-order valence-electron chi connectivity index (χ1n) is 5.72. The molecule has 0 unspecified atom stereocenters. The molecule has 1 aliphatic rings. The number of piperidine rings is 1. The van der Waals surface area contributed by atoms with Crippen LogP contribution in [0.25, 0.3) is 0 Å². The molecule has 0 atom stereocenters. The van der Waals surface area contributed by atoms with Gasteiger partial charge in [-0.1, -0.05) is 0 Å². The Morgan fingerprint density at radius 1 is 1.18 bits per heavy atom. The molecule has 1 fully saturated rings. The van der Waals surface area contributed by atoms with Crippen LogP contribution in [-0.2, 0) is 0 Å². The van der Waals surface area contributed by atoms with Gasteiger partial charge in [0.25, 0.3) is 5.92 Å². The highest BCUT2D eigenvalue weighted by molar-refractivity contribution is 5.94. The summed E-state index contributed by atoms with van der Waals surface area (Å²) in [5.74, 6) is -2.50. The Morgan fingerprint density at radius 3 is 2.18 bits per heavy atom. The zero-order chi connectivity index (χ0) is 12.5. The van der Waals surface area contributed by atoms with Gasteiger partial charge in [0.2, 0.25) is 0 Å². The number of Topliss-reactive ketones (excluding diaryl/α,β-unsaturated/α-hetero) is 1. The standard InChI is InChI=1S/C13H15F2NO/c1-10(17)11-2-4-12(5-3-11)16-8-6-13(14,15)7-9-16/h2-5H,6-9H2,1H3. The highest BCUT2D eigenvalue weighted by Crippen LogP contribution is 2.30. The largest absolute Gasteiger partial charge is 0.371 e. The second-order valence-electron chi connectivity index (χ2n) is 4.45. The molecule has 0 N–H and O–H groups in total. The summed E-state index contributed by atoms with van der Waals surface area (Å²) in [5, 5.41) is 0. The molecule has 17 heavy (non-hydrogen) atoms. The third-order valence-electron chi connectivity index (χ3n) is 3.13. The maximum Gasteiger partial charge on any atom is 0.251 e. The minimum Gasteiger partial charge on any atom is -0.371 e. The van der Waals surface area contributed by atoms with Gasteiger partial charge in [-0.05, 0) is 31.2 Å². The van der Waals surface area contributed by atoms with Crippen LogP contribution in [0.3, 0.4) is 0 Å². The maximum absolute atomic E-state index is 13.0. The first-order chi connectivity index (χ1) is 7.98. The second-order valence-corrected chi connectivity index (χ2v) is 4.45. The van der Waals surface area contributed by atoms with E-state index in [-0.39, 0.29) is 18.6 Å². The van der Waals surface area contributed by atoms with Crippen molar-refractivity contribution in [2.24, 2.45) is 0 Å². The summed E-state index contributed by atoms with van der Waals surface area (Å²) < 4.78 is 26.0. The lowest BCUT2D eigenvalue weighted by Crippen LogP contribution is -2.39. The van der Waals surface area contributed by atoms with E-state index in [2.05, 4.69) is 0 Å². The van der Waals surface area contributed by atoms with Crippen LogP contribution < -0.4 is 4.90 Å². The monoisotopic (exact) mass is 239 g/mol. The maximum atomic E-state index is 13.0. The number of anilines is 1. The van der Waals surface area contributed by atoms with Crippen molar-refractivity contribution in [3.63, 3.8) is 0 Å². The van der Waals surface area contributed by atoms with Crippen LogP contribution in [0, 0.1) is 0 Å². The Balaban J connectivity index is 2.06. The minimum absolute atomic E-state index is 0.0155.